The first-order valence-electron chi connectivity index (χ1n) is 8.92. The third-order valence-corrected chi connectivity index (χ3v) is 5.03. The maximum atomic E-state index is 12.4. The van der Waals surface area contributed by atoms with E-state index >= 15 is 0 Å². The van der Waals surface area contributed by atoms with Crippen LogP contribution in [0.15, 0.2) is 19.2 Å². The number of rotatable bonds is 4. The number of H-pyrrole nitrogens is 2. The molecular formula is C17H23N5O5S. The van der Waals surface area contributed by atoms with Crippen LogP contribution in [0.3, 0.4) is 0 Å². The summed E-state index contributed by atoms with van der Waals surface area (Å²) in [6.45, 7) is 7.67. The number of thioether (sulfide) groups is 1. The van der Waals surface area contributed by atoms with Crippen molar-refractivity contribution in [2.75, 3.05) is 6.54 Å². The van der Waals surface area contributed by atoms with Crippen molar-refractivity contribution in [3.63, 3.8) is 0 Å². The second-order valence-electron chi connectivity index (χ2n) is 7.54. The number of ether oxygens (including phenoxy) is 1. The van der Waals surface area contributed by atoms with Crippen LogP contribution in [-0.2, 0) is 10.5 Å². The number of likely N-dealkylation sites (tertiary alicyclic amines) is 1. The third kappa shape index (κ3) is 4.64. The molecule has 2 aromatic rings. The molecule has 2 N–H and O–H groups in total. The minimum Gasteiger partial charge on any atom is -0.444 e. The van der Waals surface area contributed by atoms with Crippen molar-refractivity contribution in [1.82, 2.24) is 25.1 Å². The van der Waals surface area contributed by atoms with Gasteiger partial charge in [-0.3, -0.25) is 14.7 Å². The molecule has 0 aromatic carbocycles. The lowest BCUT2D eigenvalue weighted by molar-refractivity contribution is 0.0201. The minimum absolute atomic E-state index is 0.264. The van der Waals surface area contributed by atoms with Gasteiger partial charge in [-0.2, -0.15) is 0 Å². The first-order chi connectivity index (χ1) is 13.1. The Hall–Kier alpha value is -2.56. The number of hydrogen-bond acceptors (Lipinski definition) is 8. The lowest BCUT2D eigenvalue weighted by Crippen LogP contribution is -2.36. The van der Waals surface area contributed by atoms with Gasteiger partial charge in [-0.25, -0.2) is 9.59 Å². The van der Waals surface area contributed by atoms with Crippen LogP contribution < -0.4 is 11.2 Å². The third-order valence-electron chi connectivity index (χ3n) is 4.18. The summed E-state index contributed by atoms with van der Waals surface area (Å²) in [5.41, 5.74) is -0.643. The highest BCUT2D eigenvalue weighted by Crippen LogP contribution is 2.34. The molecule has 0 aliphatic carbocycles. The lowest BCUT2D eigenvalue weighted by atomic mass is 10.2. The van der Waals surface area contributed by atoms with Crippen molar-refractivity contribution in [3.05, 3.63) is 38.0 Å². The predicted octanol–water partition coefficient (Wildman–Crippen LogP) is 2.12. The fourth-order valence-corrected chi connectivity index (χ4v) is 3.77. The normalized spacial score (nSPS) is 17.1. The Labute approximate surface area is 165 Å². The van der Waals surface area contributed by atoms with Gasteiger partial charge >= 0.3 is 11.8 Å². The monoisotopic (exact) mass is 409 g/mol. The topological polar surface area (TPSA) is 134 Å². The molecule has 1 saturated heterocycles. The molecule has 28 heavy (non-hydrogen) atoms. The summed E-state index contributed by atoms with van der Waals surface area (Å²) < 4.78 is 11.2. The Morgan fingerprint density at radius 2 is 2.07 bits per heavy atom. The Kier molecular flexibility index (Phi) is 5.64. The van der Waals surface area contributed by atoms with E-state index in [1.54, 1.807) is 11.8 Å². The smallest absolute Gasteiger partial charge is 0.410 e. The summed E-state index contributed by atoms with van der Waals surface area (Å²) in [4.78, 5) is 41.9. The number of carbonyl (C=O) groups is 1. The highest BCUT2D eigenvalue weighted by Gasteiger charge is 2.36. The van der Waals surface area contributed by atoms with E-state index in [0.29, 0.717) is 30.1 Å². The molecule has 3 rings (SSSR count). The molecule has 1 fully saturated rings. The molecule has 0 spiro atoms. The van der Waals surface area contributed by atoms with Crippen LogP contribution >= 0.6 is 11.8 Å². The molecule has 152 valence electrons. The second kappa shape index (κ2) is 7.82. The molecule has 1 amide bonds. The van der Waals surface area contributed by atoms with Crippen molar-refractivity contribution in [1.29, 1.82) is 0 Å². The molecule has 1 aliphatic heterocycles. The lowest BCUT2D eigenvalue weighted by Gasteiger charge is -2.27. The maximum Gasteiger partial charge on any atom is 0.410 e. The standard InChI is InChI=1S/C17H23N5O5S/c1-9-10(12(23)19-14(24)18-9)8-28-15-21-20-13(26-15)11-6-5-7-22(11)16(25)27-17(2,3)4/h11H,5-8H2,1-4H3,(H2,18,19,23,24)/t11-/m1/s1. The molecular weight excluding hydrogens is 386 g/mol. The van der Waals surface area contributed by atoms with Crippen molar-refractivity contribution < 1.29 is 13.9 Å². The number of hydrogen-bond donors (Lipinski definition) is 2. The Morgan fingerprint density at radius 1 is 1.32 bits per heavy atom. The van der Waals surface area contributed by atoms with Gasteiger partial charge < -0.3 is 14.1 Å². The van der Waals surface area contributed by atoms with Gasteiger partial charge in [0.05, 0.1) is 0 Å². The molecule has 0 saturated carbocycles. The van der Waals surface area contributed by atoms with Crippen LogP contribution in [0.4, 0.5) is 4.79 Å². The fourth-order valence-electron chi connectivity index (χ4n) is 2.91. The molecule has 0 unspecified atom stereocenters. The Morgan fingerprint density at radius 3 is 2.75 bits per heavy atom. The van der Waals surface area contributed by atoms with Crippen LogP contribution in [0.5, 0.6) is 0 Å². The largest absolute Gasteiger partial charge is 0.444 e. The summed E-state index contributed by atoms with van der Waals surface area (Å²) in [5, 5.41) is 8.36. The van der Waals surface area contributed by atoms with E-state index in [-0.39, 0.29) is 17.0 Å². The summed E-state index contributed by atoms with van der Waals surface area (Å²) >= 11 is 1.19. The SMILES string of the molecule is Cc1[nH]c(=O)[nH]c(=O)c1CSc1nnc([C@H]2CCCN2C(=O)OC(C)(C)C)o1. The van der Waals surface area contributed by atoms with Crippen LogP contribution in [0.25, 0.3) is 0 Å². The highest BCUT2D eigenvalue weighted by atomic mass is 32.2. The van der Waals surface area contributed by atoms with Gasteiger partial charge in [0.15, 0.2) is 0 Å². The van der Waals surface area contributed by atoms with E-state index in [4.69, 9.17) is 9.15 Å². The number of aryl methyl sites for hydroxylation is 1. The molecule has 10 nitrogen and oxygen atoms in total. The quantitative estimate of drug-likeness (QED) is 0.733. The molecule has 0 bridgehead atoms. The zero-order chi connectivity index (χ0) is 20.5. The van der Waals surface area contributed by atoms with Gasteiger partial charge in [0.2, 0.25) is 5.89 Å². The molecule has 1 atom stereocenters. The van der Waals surface area contributed by atoms with E-state index in [2.05, 4.69) is 20.2 Å². The van der Waals surface area contributed by atoms with Gasteiger partial charge in [-0.15, -0.1) is 10.2 Å². The summed E-state index contributed by atoms with van der Waals surface area (Å²) in [6.07, 6.45) is 1.13. The first-order valence-corrected chi connectivity index (χ1v) is 9.90. The van der Waals surface area contributed by atoms with E-state index in [1.807, 2.05) is 20.8 Å². The van der Waals surface area contributed by atoms with Gasteiger partial charge in [0, 0.05) is 23.6 Å². The highest BCUT2D eigenvalue weighted by molar-refractivity contribution is 7.98. The van der Waals surface area contributed by atoms with Gasteiger partial charge in [0.25, 0.3) is 10.8 Å². The minimum atomic E-state index is -0.582. The maximum absolute atomic E-state index is 12.4. The average Bonchev–Trinajstić information content (AvgIpc) is 3.21. The van der Waals surface area contributed by atoms with E-state index in [9.17, 15) is 14.4 Å². The van der Waals surface area contributed by atoms with Gasteiger partial charge in [-0.1, -0.05) is 11.8 Å². The number of amides is 1. The zero-order valence-corrected chi connectivity index (χ0v) is 17.0. The van der Waals surface area contributed by atoms with Crippen molar-refractivity contribution in [2.24, 2.45) is 0 Å². The second-order valence-corrected chi connectivity index (χ2v) is 8.47. The molecule has 3 heterocycles. The van der Waals surface area contributed by atoms with E-state index < -0.39 is 22.9 Å². The number of nitrogens with one attached hydrogen (secondary N) is 2. The summed E-state index contributed by atoms with van der Waals surface area (Å²) in [6, 6.07) is -0.324. The Balaban J connectivity index is 1.69. The number of nitrogens with zero attached hydrogens (tertiary/aromatic N) is 3. The van der Waals surface area contributed by atoms with E-state index in [1.165, 1.54) is 11.8 Å². The van der Waals surface area contributed by atoms with Crippen LogP contribution in [0.2, 0.25) is 0 Å². The molecule has 0 radical (unpaired) electrons. The molecule has 2 aromatic heterocycles. The van der Waals surface area contributed by atoms with Crippen LogP contribution in [-0.4, -0.2) is 43.3 Å². The van der Waals surface area contributed by atoms with Gasteiger partial charge in [0.1, 0.15) is 11.6 Å². The van der Waals surface area contributed by atoms with Crippen LogP contribution in [0.1, 0.15) is 56.8 Å². The summed E-state index contributed by atoms with van der Waals surface area (Å²) in [7, 11) is 0. The zero-order valence-electron chi connectivity index (χ0n) is 16.2. The number of carbonyl (C=O) groups excluding carboxylic acids is 1. The Bertz CT molecular complexity index is 973. The van der Waals surface area contributed by atoms with Crippen molar-refractivity contribution in [3.8, 4) is 0 Å². The van der Waals surface area contributed by atoms with Crippen molar-refractivity contribution >= 4 is 17.9 Å². The predicted molar refractivity (Wildman–Crippen MR) is 101 cm³/mol. The molecule has 1 aliphatic rings. The summed E-state index contributed by atoms with van der Waals surface area (Å²) in [5.74, 6) is 0.609. The number of aromatic nitrogens is 4. The first kappa shape index (κ1) is 20.2. The van der Waals surface area contributed by atoms with E-state index in [0.717, 1.165) is 6.42 Å². The fraction of sp³-hybridized carbons (Fsp3) is 0.588. The van der Waals surface area contributed by atoms with Crippen molar-refractivity contribution in [2.45, 2.75) is 63.2 Å². The molecule has 11 heteroatoms. The number of aromatic amines is 2. The van der Waals surface area contributed by atoms with Crippen LogP contribution in [0, 0.1) is 6.92 Å². The average molecular weight is 409 g/mol. The van der Waals surface area contributed by atoms with Gasteiger partial charge in [-0.05, 0) is 40.5 Å².